The first-order valence-corrected chi connectivity index (χ1v) is 11.7. The predicted molar refractivity (Wildman–Crippen MR) is 117 cm³/mol. The Kier molecular flexibility index (Phi) is 11.3. The second-order valence-electron chi connectivity index (χ2n) is 7.76. The fourth-order valence-corrected chi connectivity index (χ4v) is 3.99. The first kappa shape index (κ1) is 30.5. The summed E-state index contributed by atoms with van der Waals surface area (Å²) in [7, 11) is 0. The van der Waals surface area contributed by atoms with Crippen LogP contribution < -0.4 is 0 Å². The number of alkyl halides is 6. The van der Waals surface area contributed by atoms with Crippen LogP contribution in [0.4, 0.5) is 26.3 Å². The van der Waals surface area contributed by atoms with Crippen molar-refractivity contribution in [1.29, 1.82) is 0 Å². The first-order chi connectivity index (χ1) is 17.3. The van der Waals surface area contributed by atoms with Crippen LogP contribution in [0.25, 0.3) is 0 Å². The third-order valence-corrected chi connectivity index (χ3v) is 5.89. The molecule has 0 atom stereocenters. The number of hydrogen-bond acceptors (Lipinski definition) is 8. The molecule has 0 bridgehead atoms. The van der Waals surface area contributed by atoms with Crippen molar-refractivity contribution in [3.8, 4) is 0 Å². The van der Waals surface area contributed by atoms with Crippen molar-refractivity contribution in [2.24, 2.45) is 0 Å². The van der Waals surface area contributed by atoms with E-state index in [1.807, 2.05) is 6.20 Å². The maximum absolute atomic E-state index is 10.6. The molecule has 2 N–H and O–H groups in total. The molecule has 4 rings (SSSR count). The quantitative estimate of drug-likeness (QED) is 0.543. The molecule has 10 nitrogen and oxygen atoms in total. The summed E-state index contributed by atoms with van der Waals surface area (Å²) < 4.78 is 71.3. The fourth-order valence-electron chi connectivity index (χ4n) is 3.33. The van der Waals surface area contributed by atoms with Gasteiger partial charge in [-0.1, -0.05) is 0 Å². The molecule has 17 heteroatoms. The zero-order chi connectivity index (χ0) is 27.6. The summed E-state index contributed by atoms with van der Waals surface area (Å²) in [5.74, 6) is -4.28. The van der Waals surface area contributed by atoms with Crippen LogP contribution in [0.15, 0.2) is 17.8 Å². The van der Waals surface area contributed by atoms with E-state index >= 15 is 0 Å². The Labute approximate surface area is 211 Å². The Bertz CT molecular complexity index is 969. The van der Waals surface area contributed by atoms with Gasteiger partial charge in [-0.3, -0.25) is 9.80 Å². The summed E-state index contributed by atoms with van der Waals surface area (Å²) in [6, 6.07) is 0. The van der Waals surface area contributed by atoms with Crippen molar-refractivity contribution in [1.82, 2.24) is 24.3 Å². The van der Waals surface area contributed by atoms with Crippen molar-refractivity contribution >= 4 is 23.3 Å². The third-order valence-electron chi connectivity index (χ3n) is 5.13. The molecule has 4 heterocycles. The topological polar surface area (TPSA) is 121 Å². The molecule has 1 fully saturated rings. The Morgan fingerprint density at radius 2 is 1.46 bits per heavy atom. The number of ether oxygens (including phenoxy) is 1. The number of aliphatic carboxylic acids is 2. The van der Waals surface area contributed by atoms with Gasteiger partial charge in [-0.15, -0.1) is 11.3 Å². The Morgan fingerprint density at radius 3 is 1.97 bits per heavy atom. The molecule has 37 heavy (non-hydrogen) atoms. The molecular weight excluding hydrogens is 536 g/mol. The van der Waals surface area contributed by atoms with Gasteiger partial charge >= 0.3 is 24.3 Å². The van der Waals surface area contributed by atoms with Crippen LogP contribution in [-0.4, -0.2) is 98.2 Å². The van der Waals surface area contributed by atoms with Crippen molar-refractivity contribution in [3.63, 3.8) is 0 Å². The van der Waals surface area contributed by atoms with Gasteiger partial charge < -0.3 is 19.5 Å². The number of halogens is 6. The van der Waals surface area contributed by atoms with Crippen molar-refractivity contribution in [2.75, 3.05) is 39.4 Å². The number of hydrogen-bond donors (Lipinski definition) is 2. The summed E-state index contributed by atoms with van der Waals surface area (Å²) in [5, 5.41) is 17.5. The molecule has 2 aromatic rings. The molecule has 0 aromatic carbocycles. The highest BCUT2D eigenvalue weighted by Crippen LogP contribution is 2.17. The number of rotatable bonds is 4. The van der Waals surface area contributed by atoms with Crippen LogP contribution >= 0.6 is 11.3 Å². The SMILES string of the molecule is O=C(O)C(F)(F)F.O=C(O)C(F)(F)F.c1csc(CN2CCc3ncc(CN4CCOCC4)n3CC2)n1. The third kappa shape index (κ3) is 10.6. The van der Waals surface area contributed by atoms with Crippen molar-refractivity contribution in [3.05, 3.63) is 34.3 Å². The predicted octanol–water partition coefficient (Wildman–Crippen LogP) is 2.50. The molecular formula is C20H25F6N5O5S. The fraction of sp³-hybridized carbons (Fsp3) is 0.600. The monoisotopic (exact) mass is 561 g/mol. The van der Waals surface area contributed by atoms with E-state index in [4.69, 9.17) is 24.5 Å². The van der Waals surface area contributed by atoms with E-state index < -0.39 is 24.3 Å². The molecule has 1 saturated heterocycles. The van der Waals surface area contributed by atoms with E-state index in [0.29, 0.717) is 0 Å². The molecule has 0 spiro atoms. The number of imidazole rings is 1. The average molecular weight is 562 g/mol. The number of fused-ring (bicyclic) bond motifs is 1. The minimum absolute atomic E-state index is 0.850. The summed E-state index contributed by atoms with van der Waals surface area (Å²) in [4.78, 5) is 31.8. The highest BCUT2D eigenvalue weighted by atomic mass is 32.1. The van der Waals surface area contributed by atoms with Gasteiger partial charge in [-0.05, 0) is 0 Å². The van der Waals surface area contributed by atoms with Crippen molar-refractivity contribution in [2.45, 2.75) is 38.4 Å². The maximum atomic E-state index is 10.6. The number of carboxylic acid groups (broad SMARTS) is 2. The lowest BCUT2D eigenvalue weighted by Crippen LogP contribution is -2.36. The van der Waals surface area contributed by atoms with Crippen LogP contribution in [0.2, 0.25) is 0 Å². The molecule has 2 aliphatic heterocycles. The molecule has 208 valence electrons. The zero-order valence-electron chi connectivity index (χ0n) is 19.3. The minimum atomic E-state index is -5.08. The van der Waals surface area contributed by atoms with Gasteiger partial charge in [-0.25, -0.2) is 19.6 Å². The highest BCUT2D eigenvalue weighted by Gasteiger charge is 2.38. The zero-order valence-corrected chi connectivity index (χ0v) is 20.2. The van der Waals surface area contributed by atoms with E-state index in [1.54, 1.807) is 11.3 Å². The largest absolute Gasteiger partial charge is 0.490 e. The van der Waals surface area contributed by atoms with Gasteiger partial charge in [-0.2, -0.15) is 26.3 Å². The molecule has 0 aliphatic carbocycles. The Balaban J connectivity index is 0.000000286. The van der Waals surface area contributed by atoms with Gasteiger partial charge in [0, 0.05) is 63.5 Å². The molecule has 0 unspecified atom stereocenters. The maximum Gasteiger partial charge on any atom is 0.490 e. The van der Waals surface area contributed by atoms with Crippen LogP contribution in [0, 0.1) is 0 Å². The lowest BCUT2D eigenvalue weighted by Gasteiger charge is -2.27. The van der Waals surface area contributed by atoms with Crippen molar-refractivity contribution < 1.29 is 50.9 Å². The van der Waals surface area contributed by atoms with Crippen LogP contribution in [0.5, 0.6) is 0 Å². The van der Waals surface area contributed by atoms with E-state index in [-0.39, 0.29) is 0 Å². The van der Waals surface area contributed by atoms with Gasteiger partial charge in [0.1, 0.15) is 10.8 Å². The molecule has 0 saturated carbocycles. The normalized spacial score (nSPS) is 16.9. The number of morpholine rings is 1. The van der Waals surface area contributed by atoms with Gasteiger partial charge in [0.15, 0.2) is 0 Å². The first-order valence-electron chi connectivity index (χ1n) is 10.8. The van der Waals surface area contributed by atoms with E-state index in [0.717, 1.165) is 65.4 Å². The number of carboxylic acids is 2. The summed E-state index contributed by atoms with van der Waals surface area (Å²) in [6.07, 6.45) is -5.18. The molecule has 0 amide bonds. The number of aromatic nitrogens is 3. The average Bonchev–Trinajstić information content (AvgIpc) is 3.41. The van der Waals surface area contributed by atoms with Gasteiger partial charge in [0.05, 0.1) is 25.5 Å². The highest BCUT2D eigenvalue weighted by molar-refractivity contribution is 7.09. The second kappa shape index (κ2) is 13.7. The number of thiazole rings is 1. The lowest BCUT2D eigenvalue weighted by molar-refractivity contribution is -0.193. The number of carbonyl (C=O) groups is 2. The Morgan fingerprint density at radius 1 is 0.892 bits per heavy atom. The van der Waals surface area contributed by atoms with Crippen LogP contribution in [0.3, 0.4) is 0 Å². The van der Waals surface area contributed by atoms with Crippen LogP contribution in [0.1, 0.15) is 16.5 Å². The molecule has 2 aliphatic rings. The van der Waals surface area contributed by atoms with Gasteiger partial charge in [0.25, 0.3) is 0 Å². The smallest absolute Gasteiger partial charge is 0.475 e. The lowest BCUT2D eigenvalue weighted by atomic mass is 10.3. The summed E-state index contributed by atoms with van der Waals surface area (Å²) in [5.41, 5.74) is 1.35. The minimum Gasteiger partial charge on any atom is -0.475 e. The number of nitrogens with zero attached hydrogens (tertiary/aromatic N) is 5. The summed E-state index contributed by atoms with van der Waals surface area (Å²) in [6.45, 7) is 8.86. The van der Waals surface area contributed by atoms with Crippen LogP contribution in [-0.2, 0) is 40.4 Å². The molecule has 0 radical (unpaired) electrons. The molecule has 2 aromatic heterocycles. The standard InChI is InChI=1S/C16H23N5OS.2C2HF3O2/c1-3-19(13-16-17-2-10-23-16)4-5-21-14(11-18-15(1)21)12-20-6-8-22-9-7-20;2*3-2(4,5)1(6)7/h2,10-11H,1,3-9,12-13H2;2*(H,6,7). The van der Waals surface area contributed by atoms with E-state index in [1.165, 1.54) is 16.5 Å². The van der Waals surface area contributed by atoms with Gasteiger partial charge in [0.2, 0.25) is 0 Å². The second-order valence-corrected chi connectivity index (χ2v) is 8.74. The Hall–Kier alpha value is -2.76. The summed E-state index contributed by atoms with van der Waals surface area (Å²) >= 11 is 1.74. The van der Waals surface area contributed by atoms with E-state index in [9.17, 15) is 26.3 Å². The van der Waals surface area contributed by atoms with E-state index in [2.05, 4.69) is 35.9 Å².